The third-order valence-electron chi connectivity index (χ3n) is 5.19. The molecule has 2 aromatic carbocycles. The van der Waals surface area contributed by atoms with Crippen molar-refractivity contribution in [3.63, 3.8) is 0 Å². The summed E-state index contributed by atoms with van der Waals surface area (Å²) in [5, 5.41) is 4.61. The zero-order chi connectivity index (χ0) is 26.1. The van der Waals surface area contributed by atoms with Gasteiger partial charge in [-0.05, 0) is 37.6 Å². The summed E-state index contributed by atoms with van der Waals surface area (Å²) >= 11 is 0. The Balaban J connectivity index is 2.15. The fourth-order valence-electron chi connectivity index (χ4n) is 3.58. The second kappa shape index (κ2) is 12.4. The maximum Gasteiger partial charge on any atom is 0.357 e. The third-order valence-corrected chi connectivity index (χ3v) is 5.19. The first-order chi connectivity index (χ1) is 17.5. The van der Waals surface area contributed by atoms with Crippen LogP contribution in [0.1, 0.15) is 40.6 Å². The largest absolute Gasteiger partial charge is 0.493 e. The average Bonchev–Trinajstić information content (AvgIpc) is 3.31. The highest BCUT2D eigenvalue weighted by Crippen LogP contribution is 2.40. The van der Waals surface area contributed by atoms with Crippen LogP contribution in [-0.4, -0.2) is 62.2 Å². The molecule has 36 heavy (non-hydrogen) atoms. The van der Waals surface area contributed by atoms with Crippen molar-refractivity contribution in [2.45, 2.75) is 19.8 Å². The molecule has 3 aromatic rings. The number of carbonyl (C=O) groups excluding carboxylic acids is 3. The number of ether oxygens (including phenoxy) is 5. The second-order valence-electron chi connectivity index (χ2n) is 7.40. The minimum atomic E-state index is -0.774. The lowest BCUT2D eigenvalue weighted by Crippen LogP contribution is -2.15. The topological polar surface area (TPSA) is 115 Å². The van der Waals surface area contributed by atoms with Crippen LogP contribution in [-0.2, 0) is 19.0 Å². The van der Waals surface area contributed by atoms with Crippen LogP contribution < -0.4 is 9.47 Å². The molecule has 0 aliphatic heterocycles. The van der Waals surface area contributed by atoms with Crippen molar-refractivity contribution in [2.75, 3.05) is 34.5 Å². The quantitative estimate of drug-likeness (QED) is 0.222. The van der Waals surface area contributed by atoms with E-state index < -0.39 is 11.9 Å². The molecule has 3 rings (SSSR count). The standard InChI is InChI=1S/C26H28N2O8/c1-5-35-20(29)15-10-16-36-24-18(13-9-14-19(24)32-2)22-21(25(30)33-3)23(26(31)34-4)28(27-22)17-11-7-6-8-12-17/h6-9,11-14H,5,10,15-16H2,1-4H3. The number of para-hydroxylation sites is 2. The lowest BCUT2D eigenvalue weighted by molar-refractivity contribution is -0.143. The average molecular weight is 497 g/mol. The van der Waals surface area contributed by atoms with Crippen molar-refractivity contribution in [1.82, 2.24) is 9.78 Å². The molecule has 0 amide bonds. The van der Waals surface area contributed by atoms with E-state index in [9.17, 15) is 14.4 Å². The van der Waals surface area contributed by atoms with E-state index in [1.165, 1.54) is 26.0 Å². The first-order valence-electron chi connectivity index (χ1n) is 11.3. The van der Waals surface area contributed by atoms with Gasteiger partial charge in [-0.15, -0.1) is 0 Å². The van der Waals surface area contributed by atoms with Gasteiger partial charge < -0.3 is 23.7 Å². The van der Waals surface area contributed by atoms with E-state index in [-0.39, 0.29) is 35.9 Å². The fourth-order valence-corrected chi connectivity index (χ4v) is 3.58. The molecule has 0 spiro atoms. The van der Waals surface area contributed by atoms with Gasteiger partial charge in [-0.25, -0.2) is 14.3 Å². The maximum absolute atomic E-state index is 12.9. The van der Waals surface area contributed by atoms with E-state index in [1.54, 1.807) is 49.4 Å². The number of rotatable bonds is 11. The smallest absolute Gasteiger partial charge is 0.357 e. The zero-order valence-electron chi connectivity index (χ0n) is 20.6. The molecule has 0 fully saturated rings. The zero-order valence-corrected chi connectivity index (χ0v) is 20.6. The number of methoxy groups -OCH3 is 3. The Morgan fingerprint density at radius 1 is 0.917 bits per heavy atom. The van der Waals surface area contributed by atoms with E-state index in [1.807, 2.05) is 6.07 Å². The number of carbonyl (C=O) groups is 3. The molecular formula is C26H28N2O8. The Morgan fingerprint density at radius 2 is 1.64 bits per heavy atom. The minimum Gasteiger partial charge on any atom is -0.493 e. The molecule has 0 saturated carbocycles. The van der Waals surface area contributed by atoms with Crippen molar-refractivity contribution in [3.05, 3.63) is 59.8 Å². The fraction of sp³-hybridized carbons (Fsp3) is 0.308. The van der Waals surface area contributed by atoms with Gasteiger partial charge in [0.1, 0.15) is 11.3 Å². The Kier molecular flexibility index (Phi) is 9.04. The molecule has 0 aliphatic rings. The molecule has 0 atom stereocenters. The molecule has 1 heterocycles. The molecule has 1 aromatic heterocycles. The highest BCUT2D eigenvalue weighted by Gasteiger charge is 2.33. The number of benzene rings is 2. The first kappa shape index (κ1) is 26.3. The van der Waals surface area contributed by atoms with E-state index in [0.29, 0.717) is 35.8 Å². The molecule has 0 unspecified atom stereocenters. The Bertz CT molecular complexity index is 1220. The Hall–Kier alpha value is -4.34. The summed E-state index contributed by atoms with van der Waals surface area (Å²) in [5.41, 5.74) is 0.893. The minimum absolute atomic E-state index is 0.0853. The number of aromatic nitrogens is 2. The van der Waals surface area contributed by atoms with Gasteiger partial charge >= 0.3 is 17.9 Å². The SMILES string of the molecule is CCOC(=O)CCCOc1c(OC)cccc1-c1nn(-c2ccccc2)c(C(=O)OC)c1C(=O)OC. The monoisotopic (exact) mass is 496 g/mol. The Morgan fingerprint density at radius 3 is 2.28 bits per heavy atom. The van der Waals surface area contributed by atoms with Gasteiger partial charge in [-0.3, -0.25) is 4.79 Å². The molecule has 0 bridgehead atoms. The molecule has 10 heteroatoms. The van der Waals surface area contributed by atoms with Crippen LogP contribution in [0.3, 0.4) is 0 Å². The van der Waals surface area contributed by atoms with Crippen molar-refractivity contribution < 1.29 is 38.1 Å². The van der Waals surface area contributed by atoms with E-state index in [4.69, 9.17) is 23.7 Å². The normalized spacial score (nSPS) is 10.4. The van der Waals surface area contributed by atoms with Crippen LogP contribution in [0.15, 0.2) is 48.5 Å². The Labute approximate surface area is 208 Å². The van der Waals surface area contributed by atoms with Crippen molar-refractivity contribution in [1.29, 1.82) is 0 Å². The van der Waals surface area contributed by atoms with Crippen molar-refractivity contribution >= 4 is 17.9 Å². The van der Waals surface area contributed by atoms with E-state index >= 15 is 0 Å². The molecule has 190 valence electrons. The summed E-state index contributed by atoms with van der Waals surface area (Å²) in [7, 11) is 3.91. The number of hydrogen-bond acceptors (Lipinski definition) is 9. The molecule has 0 N–H and O–H groups in total. The van der Waals surface area contributed by atoms with Crippen LogP contribution in [0.2, 0.25) is 0 Å². The van der Waals surface area contributed by atoms with Gasteiger partial charge in [-0.1, -0.05) is 24.3 Å². The van der Waals surface area contributed by atoms with E-state index in [2.05, 4.69) is 5.10 Å². The van der Waals surface area contributed by atoms with Crippen LogP contribution in [0.4, 0.5) is 0 Å². The lowest BCUT2D eigenvalue weighted by atomic mass is 10.0. The summed E-state index contributed by atoms with van der Waals surface area (Å²) < 4.78 is 27.7. The molecule has 0 radical (unpaired) electrons. The highest BCUT2D eigenvalue weighted by molar-refractivity contribution is 6.07. The van der Waals surface area contributed by atoms with Gasteiger partial charge in [0.25, 0.3) is 0 Å². The molecule has 0 aliphatic carbocycles. The van der Waals surface area contributed by atoms with Gasteiger partial charge in [0, 0.05) is 12.0 Å². The van der Waals surface area contributed by atoms with Crippen molar-refractivity contribution in [3.8, 4) is 28.4 Å². The molecule has 10 nitrogen and oxygen atoms in total. The predicted octanol–water partition coefficient (Wildman–Crippen LogP) is 3.84. The van der Waals surface area contributed by atoms with Crippen LogP contribution in [0, 0.1) is 0 Å². The highest BCUT2D eigenvalue weighted by atomic mass is 16.5. The van der Waals surface area contributed by atoms with Gasteiger partial charge in [0.05, 0.1) is 40.2 Å². The lowest BCUT2D eigenvalue weighted by Gasteiger charge is -2.14. The number of hydrogen-bond donors (Lipinski definition) is 0. The van der Waals surface area contributed by atoms with Crippen LogP contribution >= 0.6 is 0 Å². The summed E-state index contributed by atoms with van der Waals surface area (Å²) in [4.78, 5) is 37.5. The third kappa shape index (κ3) is 5.65. The summed E-state index contributed by atoms with van der Waals surface area (Å²) in [6.07, 6.45) is 0.576. The predicted molar refractivity (Wildman–Crippen MR) is 130 cm³/mol. The maximum atomic E-state index is 12.9. The first-order valence-corrected chi connectivity index (χ1v) is 11.3. The second-order valence-corrected chi connectivity index (χ2v) is 7.40. The van der Waals surface area contributed by atoms with E-state index in [0.717, 1.165) is 0 Å². The summed E-state index contributed by atoms with van der Waals surface area (Å²) in [6, 6.07) is 13.9. The number of nitrogens with zero attached hydrogens (tertiary/aromatic N) is 2. The van der Waals surface area contributed by atoms with Crippen molar-refractivity contribution in [2.24, 2.45) is 0 Å². The summed E-state index contributed by atoms with van der Waals surface area (Å²) in [5.74, 6) is -1.18. The number of esters is 3. The van der Waals surface area contributed by atoms with Gasteiger partial charge in [-0.2, -0.15) is 5.10 Å². The summed E-state index contributed by atoms with van der Waals surface area (Å²) in [6.45, 7) is 2.22. The van der Waals surface area contributed by atoms with Crippen LogP contribution in [0.25, 0.3) is 16.9 Å². The molecular weight excluding hydrogens is 468 g/mol. The van der Waals surface area contributed by atoms with Crippen LogP contribution in [0.5, 0.6) is 11.5 Å². The van der Waals surface area contributed by atoms with Gasteiger partial charge in [0.15, 0.2) is 17.2 Å². The van der Waals surface area contributed by atoms with Gasteiger partial charge in [0.2, 0.25) is 0 Å². The molecule has 0 saturated heterocycles.